The summed E-state index contributed by atoms with van der Waals surface area (Å²) in [5, 5.41) is 6.60. The largest absolute Gasteiger partial charge is 0.493 e. The summed E-state index contributed by atoms with van der Waals surface area (Å²) in [7, 11) is 2.99. The number of nitrogens with zero attached hydrogens (tertiary/aromatic N) is 2. The van der Waals surface area contributed by atoms with Crippen molar-refractivity contribution in [3.8, 4) is 23.0 Å². The van der Waals surface area contributed by atoms with E-state index in [-0.39, 0.29) is 12.4 Å². The lowest BCUT2D eigenvalue weighted by Gasteiger charge is -2.10. The number of carbonyl (C=O) groups is 1. The molecule has 1 amide bonds. The van der Waals surface area contributed by atoms with Gasteiger partial charge in [-0.25, -0.2) is 9.18 Å². The molecule has 1 aromatic heterocycles. The van der Waals surface area contributed by atoms with Crippen LogP contribution in [0, 0.1) is 5.82 Å². The Labute approximate surface area is 153 Å². The Hall–Kier alpha value is -3.62. The maximum Gasteiger partial charge on any atom is 0.437 e. The molecule has 8 nitrogen and oxygen atoms in total. The highest BCUT2D eigenvalue weighted by Crippen LogP contribution is 2.29. The first-order valence-electron chi connectivity index (χ1n) is 7.86. The molecule has 0 saturated heterocycles. The Morgan fingerprint density at radius 3 is 2.52 bits per heavy atom. The van der Waals surface area contributed by atoms with Crippen molar-refractivity contribution in [3.63, 3.8) is 0 Å². The second-order valence-corrected chi connectivity index (χ2v) is 5.46. The molecule has 0 aliphatic rings. The Kier molecular flexibility index (Phi) is 5.20. The van der Waals surface area contributed by atoms with Gasteiger partial charge in [0.05, 0.1) is 14.2 Å². The third kappa shape index (κ3) is 4.14. The minimum Gasteiger partial charge on any atom is -0.493 e. The Morgan fingerprint density at radius 1 is 1.15 bits per heavy atom. The van der Waals surface area contributed by atoms with E-state index in [2.05, 4.69) is 10.4 Å². The van der Waals surface area contributed by atoms with E-state index in [1.54, 1.807) is 18.2 Å². The predicted octanol–water partition coefficient (Wildman–Crippen LogP) is 2.30. The number of ether oxygens (including phenoxy) is 2. The molecule has 0 unspecified atom stereocenters. The zero-order valence-corrected chi connectivity index (χ0v) is 14.6. The fourth-order valence-electron chi connectivity index (χ4n) is 2.37. The zero-order chi connectivity index (χ0) is 19.4. The van der Waals surface area contributed by atoms with Crippen LogP contribution >= 0.6 is 0 Å². The summed E-state index contributed by atoms with van der Waals surface area (Å²) in [4.78, 5) is 24.1. The first-order valence-corrected chi connectivity index (χ1v) is 7.86. The number of nitrogens with one attached hydrogen (secondary N) is 1. The number of methoxy groups -OCH3 is 2. The number of aromatic nitrogens is 2. The number of carbonyl (C=O) groups excluding carboxylic acids is 1. The number of amides is 1. The molecular formula is C18H16FN3O5. The van der Waals surface area contributed by atoms with Crippen molar-refractivity contribution < 1.29 is 23.1 Å². The Bertz CT molecular complexity index is 1010. The summed E-state index contributed by atoms with van der Waals surface area (Å²) in [6, 6.07) is 10.2. The van der Waals surface area contributed by atoms with Crippen LogP contribution in [0.2, 0.25) is 0 Å². The van der Waals surface area contributed by atoms with E-state index in [0.29, 0.717) is 22.7 Å². The van der Waals surface area contributed by atoms with Crippen LogP contribution in [0.15, 0.2) is 51.7 Å². The average Bonchev–Trinajstić information content (AvgIpc) is 3.02. The van der Waals surface area contributed by atoms with Gasteiger partial charge in [-0.15, -0.1) is 5.10 Å². The fourth-order valence-corrected chi connectivity index (χ4v) is 2.37. The van der Waals surface area contributed by atoms with Crippen LogP contribution in [-0.4, -0.2) is 29.9 Å². The smallest absolute Gasteiger partial charge is 0.437 e. The lowest BCUT2D eigenvalue weighted by molar-refractivity contribution is -0.117. The molecule has 2 aromatic carbocycles. The summed E-state index contributed by atoms with van der Waals surface area (Å²) < 4.78 is 29.2. The Morgan fingerprint density at radius 2 is 1.85 bits per heavy atom. The van der Waals surface area contributed by atoms with Gasteiger partial charge in [0.1, 0.15) is 12.4 Å². The van der Waals surface area contributed by atoms with Gasteiger partial charge in [0.25, 0.3) is 0 Å². The highest BCUT2D eigenvalue weighted by molar-refractivity contribution is 5.90. The molecule has 0 fully saturated rings. The first-order chi connectivity index (χ1) is 13.0. The van der Waals surface area contributed by atoms with Gasteiger partial charge in [-0.3, -0.25) is 4.79 Å². The van der Waals surface area contributed by atoms with Crippen LogP contribution < -0.4 is 20.5 Å². The van der Waals surface area contributed by atoms with Crippen molar-refractivity contribution in [1.29, 1.82) is 0 Å². The average molecular weight is 373 g/mol. The number of benzene rings is 2. The van der Waals surface area contributed by atoms with Crippen LogP contribution in [0.1, 0.15) is 0 Å². The number of anilines is 1. The van der Waals surface area contributed by atoms with Gasteiger partial charge < -0.3 is 19.2 Å². The molecule has 0 radical (unpaired) electrons. The zero-order valence-electron chi connectivity index (χ0n) is 14.6. The number of hydrogen-bond donors (Lipinski definition) is 1. The van der Waals surface area contributed by atoms with E-state index in [9.17, 15) is 14.0 Å². The normalized spacial score (nSPS) is 10.5. The maximum absolute atomic E-state index is 13.0. The quantitative estimate of drug-likeness (QED) is 0.712. The van der Waals surface area contributed by atoms with Crippen LogP contribution in [0.3, 0.4) is 0 Å². The van der Waals surface area contributed by atoms with Crippen molar-refractivity contribution in [2.45, 2.75) is 6.54 Å². The third-order valence-corrected chi connectivity index (χ3v) is 3.66. The molecule has 27 heavy (non-hydrogen) atoms. The van der Waals surface area contributed by atoms with Crippen LogP contribution in [0.25, 0.3) is 11.5 Å². The van der Waals surface area contributed by atoms with Crippen molar-refractivity contribution in [1.82, 2.24) is 9.78 Å². The molecule has 3 rings (SSSR count). The van der Waals surface area contributed by atoms with Crippen LogP contribution in [0.5, 0.6) is 11.5 Å². The summed E-state index contributed by atoms with van der Waals surface area (Å²) >= 11 is 0. The highest BCUT2D eigenvalue weighted by Gasteiger charge is 2.14. The monoisotopic (exact) mass is 373 g/mol. The minimum atomic E-state index is -0.795. The maximum atomic E-state index is 13.0. The van der Waals surface area contributed by atoms with E-state index in [4.69, 9.17) is 13.9 Å². The van der Waals surface area contributed by atoms with Crippen LogP contribution in [-0.2, 0) is 11.3 Å². The SMILES string of the molecule is COc1ccc(NC(=O)Cn2nc(-c3ccc(F)cc3)oc2=O)cc1OC. The van der Waals surface area contributed by atoms with E-state index in [1.165, 1.54) is 38.5 Å². The lowest BCUT2D eigenvalue weighted by Crippen LogP contribution is -2.25. The molecule has 1 heterocycles. The van der Waals surface area contributed by atoms with E-state index in [0.717, 1.165) is 4.68 Å². The van der Waals surface area contributed by atoms with Gasteiger partial charge in [-0.1, -0.05) is 0 Å². The molecule has 0 aliphatic carbocycles. The standard InChI is InChI=1S/C18H16FN3O5/c1-25-14-8-7-13(9-15(14)26-2)20-16(23)10-22-18(24)27-17(21-22)11-3-5-12(19)6-4-11/h3-9H,10H2,1-2H3,(H,20,23). The van der Waals surface area contributed by atoms with Crippen LogP contribution in [0.4, 0.5) is 10.1 Å². The Balaban J connectivity index is 1.73. The van der Waals surface area contributed by atoms with Gasteiger partial charge in [0.15, 0.2) is 11.5 Å². The topological polar surface area (TPSA) is 95.6 Å². The van der Waals surface area contributed by atoms with E-state index in [1.807, 2.05) is 0 Å². The van der Waals surface area contributed by atoms with Gasteiger partial charge in [-0.2, -0.15) is 4.68 Å². The molecule has 9 heteroatoms. The van der Waals surface area contributed by atoms with Gasteiger partial charge in [-0.05, 0) is 36.4 Å². The first kappa shape index (κ1) is 18.2. The van der Waals surface area contributed by atoms with Crippen molar-refractivity contribution >= 4 is 11.6 Å². The molecule has 0 saturated carbocycles. The molecule has 0 bridgehead atoms. The lowest BCUT2D eigenvalue weighted by atomic mass is 10.2. The summed E-state index contributed by atoms with van der Waals surface area (Å²) in [6.45, 7) is -0.349. The minimum absolute atomic E-state index is 0.00100. The van der Waals surface area contributed by atoms with E-state index < -0.39 is 17.5 Å². The van der Waals surface area contributed by atoms with E-state index >= 15 is 0 Å². The molecule has 0 aliphatic heterocycles. The predicted molar refractivity (Wildman–Crippen MR) is 94.3 cm³/mol. The molecule has 0 atom stereocenters. The fraction of sp³-hybridized carbons (Fsp3) is 0.167. The third-order valence-electron chi connectivity index (χ3n) is 3.66. The number of halogens is 1. The summed E-state index contributed by atoms with van der Waals surface area (Å²) in [5.74, 6) is -0.728. The van der Waals surface area contributed by atoms with Gasteiger partial charge >= 0.3 is 5.76 Å². The van der Waals surface area contributed by atoms with Gasteiger partial charge in [0, 0.05) is 17.3 Å². The molecule has 3 aromatic rings. The second kappa shape index (κ2) is 7.73. The summed E-state index contributed by atoms with van der Waals surface area (Å²) in [6.07, 6.45) is 0. The molecule has 140 valence electrons. The second-order valence-electron chi connectivity index (χ2n) is 5.46. The highest BCUT2D eigenvalue weighted by atomic mass is 19.1. The van der Waals surface area contributed by atoms with Crippen molar-refractivity contribution in [3.05, 3.63) is 58.8 Å². The van der Waals surface area contributed by atoms with Crippen molar-refractivity contribution in [2.75, 3.05) is 19.5 Å². The van der Waals surface area contributed by atoms with Gasteiger partial charge in [0.2, 0.25) is 11.8 Å². The van der Waals surface area contributed by atoms with Crippen molar-refractivity contribution in [2.24, 2.45) is 0 Å². The number of hydrogen-bond acceptors (Lipinski definition) is 6. The molecule has 1 N–H and O–H groups in total. The summed E-state index contributed by atoms with van der Waals surface area (Å²) in [5.41, 5.74) is 0.889. The molecular weight excluding hydrogens is 357 g/mol. The molecule has 0 spiro atoms. The number of rotatable bonds is 6.